The number of rotatable bonds is 10. The van der Waals surface area contributed by atoms with E-state index in [0.29, 0.717) is 32.3 Å². The van der Waals surface area contributed by atoms with Crippen molar-refractivity contribution in [1.29, 1.82) is 0 Å². The third-order valence-corrected chi connectivity index (χ3v) is 4.22. The van der Waals surface area contributed by atoms with Crippen molar-refractivity contribution >= 4 is 5.96 Å². The van der Waals surface area contributed by atoms with Gasteiger partial charge in [0.25, 0.3) is 0 Å². The minimum absolute atomic E-state index is 0.0199. The van der Waals surface area contributed by atoms with Crippen molar-refractivity contribution in [1.82, 2.24) is 10.6 Å². The molecule has 27 heavy (non-hydrogen) atoms. The van der Waals surface area contributed by atoms with Crippen LogP contribution in [0.5, 0.6) is 5.75 Å². The van der Waals surface area contributed by atoms with Crippen molar-refractivity contribution in [3.8, 4) is 5.75 Å². The molecule has 0 saturated carbocycles. The number of aliphatic hydroxyl groups is 1. The molecular formula is C21H29N3O3. The van der Waals surface area contributed by atoms with Gasteiger partial charge in [-0.15, -0.1) is 0 Å². The highest BCUT2D eigenvalue weighted by atomic mass is 16.5. The summed E-state index contributed by atoms with van der Waals surface area (Å²) in [7, 11) is 3.38. The van der Waals surface area contributed by atoms with Crippen LogP contribution < -0.4 is 15.4 Å². The third kappa shape index (κ3) is 6.92. The van der Waals surface area contributed by atoms with Crippen molar-refractivity contribution in [2.45, 2.75) is 12.5 Å². The van der Waals surface area contributed by atoms with E-state index in [4.69, 9.17) is 9.47 Å². The second-order valence-corrected chi connectivity index (χ2v) is 6.03. The largest absolute Gasteiger partial charge is 0.496 e. The van der Waals surface area contributed by atoms with E-state index in [1.165, 1.54) is 0 Å². The van der Waals surface area contributed by atoms with Crippen LogP contribution in [0.2, 0.25) is 0 Å². The van der Waals surface area contributed by atoms with Crippen LogP contribution in [0.25, 0.3) is 0 Å². The molecule has 0 bridgehead atoms. The summed E-state index contributed by atoms with van der Waals surface area (Å²) in [5, 5.41) is 16.1. The Morgan fingerprint density at radius 3 is 2.52 bits per heavy atom. The van der Waals surface area contributed by atoms with Crippen LogP contribution in [0.4, 0.5) is 0 Å². The van der Waals surface area contributed by atoms with Gasteiger partial charge < -0.3 is 25.2 Å². The first-order chi connectivity index (χ1) is 13.3. The van der Waals surface area contributed by atoms with E-state index in [0.717, 1.165) is 16.9 Å². The molecule has 0 spiro atoms. The Balaban J connectivity index is 1.69. The van der Waals surface area contributed by atoms with Crippen molar-refractivity contribution in [3.05, 3.63) is 65.7 Å². The summed E-state index contributed by atoms with van der Waals surface area (Å²) in [6.45, 7) is 2.35. The first-order valence-electron chi connectivity index (χ1n) is 9.08. The van der Waals surface area contributed by atoms with Crippen LogP contribution >= 0.6 is 0 Å². The number of hydrogen-bond donors (Lipinski definition) is 3. The Morgan fingerprint density at radius 1 is 1.07 bits per heavy atom. The van der Waals surface area contributed by atoms with E-state index in [2.05, 4.69) is 15.6 Å². The second kappa shape index (κ2) is 11.9. The Bertz CT molecular complexity index is 692. The van der Waals surface area contributed by atoms with E-state index in [9.17, 15) is 5.11 Å². The highest BCUT2D eigenvalue weighted by Gasteiger charge is 2.10. The van der Waals surface area contributed by atoms with Crippen LogP contribution in [0.1, 0.15) is 17.0 Å². The summed E-state index contributed by atoms with van der Waals surface area (Å²) in [6, 6.07) is 17.8. The van der Waals surface area contributed by atoms with E-state index < -0.39 is 0 Å². The molecule has 0 saturated heterocycles. The van der Waals surface area contributed by atoms with Crippen LogP contribution in [0.15, 0.2) is 59.6 Å². The average Bonchev–Trinajstić information content (AvgIpc) is 2.73. The predicted octanol–water partition coefficient (Wildman–Crippen LogP) is 2.15. The molecule has 0 radical (unpaired) electrons. The minimum atomic E-state index is 0.0199. The van der Waals surface area contributed by atoms with E-state index in [1.54, 1.807) is 14.2 Å². The molecule has 0 heterocycles. The third-order valence-electron chi connectivity index (χ3n) is 4.22. The van der Waals surface area contributed by atoms with Gasteiger partial charge in [0.1, 0.15) is 5.75 Å². The standard InChI is InChI=1S/C21H29N3O3/c1-22-21(24-14-19(15-25)17-8-4-3-5-9-17)23-12-13-27-16-18-10-6-7-11-20(18)26-2/h3-11,19,25H,12-16H2,1-2H3,(H2,22,23,24). The van der Waals surface area contributed by atoms with E-state index in [1.807, 2.05) is 54.6 Å². The second-order valence-electron chi connectivity index (χ2n) is 6.03. The van der Waals surface area contributed by atoms with E-state index in [-0.39, 0.29) is 12.5 Å². The first kappa shape index (κ1) is 20.7. The van der Waals surface area contributed by atoms with Crippen molar-refractivity contribution in [3.63, 3.8) is 0 Å². The van der Waals surface area contributed by atoms with Crippen molar-refractivity contribution < 1.29 is 14.6 Å². The molecule has 0 aliphatic rings. The van der Waals surface area contributed by atoms with Crippen LogP contribution in [-0.4, -0.2) is 51.5 Å². The van der Waals surface area contributed by atoms with Gasteiger partial charge >= 0.3 is 0 Å². The highest BCUT2D eigenvalue weighted by Crippen LogP contribution is 2.17. The fourth-order valence-corrected chi connectivity index (χ4v) is 2.70. The zero-order valence-corrected chi connectivity index (χ0v) is 16.0. The van der Waals surface area contributed by atoms with Crippen molar-refractivity contribution in [2.24, 2.45) is 4.99 Å². The van der Waals surface area contributed by atoms with Gasteiger partial charge in [0.15, 0.2) is 5.96 Å². The fraction of sp³-hybridized carbons (Fsp3) is 0.381. The lowest BCUT2D eigenvalue weighted by atomic mass is 10.0. The summed E-state index contributed by atoms with van der Waals surface area (Å²) in [5.41, 5.74) is 2.12. The SMILES string of the molecule is CN=C(NCCOCc1ccccc1OC)NCC(CO)c1ccccc1. The summed E-state index contributed by atoms with van der Waals surface area (Å²) in [6.07, 6.45) is 0. The summed E-state index contributed by atoms with van der Waals surface area (Å²) in [4.78, 5) is 4.21. The molecule has 146 valence electrons. The number of ether oxygens (including phenoxy) is 2. The Kier molecular flexibility index (Phi) is 9.17. The molecule has 2 aromatic carbocycles. The number of nitrogens with one attached hydrogen (secondary N) is 2. The molecule has 3 N–H and O–H groups in total. The zero-order chi connectivity index (χ0) is 19.3. The van der Waals surface area contributed by atoms with Crippen molar-refractivity contribution in [2.75, 3.05) is 40.5 Å². The average molecular weight is 371 g/mol. The Labute approximate surface area is 161 Å². The Morgan fingerprint density at radius 2 is 1.81 bits per heavy atom. The molecule has 0 amide bonds. The number of nitrogens with zero attached hydrogens (tertiary/aromatic N) is 1. The monoisotopic (exact) mass is 371 g/mol. The first-order valence-corrected chi connectivity index (χ1v) is 9.08. The number of guanidine groups is 1. The highest BCUT2D eigenvalue weighted by molar-refractivity contribution is 5.79. The molecule has 2 aromatic rings. The maximum atomic E-state index is 9.63. The molecule has 0 aromatic heterocycles. The summed E-state index contributed by atoms with van der Waals surface area (Å²) in [5.74, 6) is 1.54. The number of methoxy groups -OCH3 is 1. The maximum absolute atomic E-state index is 9.63. The lowest BCUT2D eigenvalue weighted by Crippen LogP contribution is -2.41. The number of aliphatic hydroxyl groups excluding tert-OH is 1. The van der Waals surface area contributed by atoms with Crippen LogP contribution in [0.3, 0.4) is 0 Å². The predicted molar refractivity (Wildman–Crippen MR) is 108 cm³/mol. The van der Waals surface area contributed by atoms with Crippen LogP contribution in [-0.2, 0) is 11.3 Å². The number of para-hydroxylation sites is 1. The number of benzene rings is 2. The normalized spacial score (nSPS) is 12.5. The van der Waals surface area contributed by atoms with Gasteiger partial charge in [0.05, 0.1) is 26.9 Å². The quantitative estimate of drug-likeness (QED) is 0.339. The lowest BCUT2D eigenvalue weighted by molar-refractivity contribution is 0.123. The van der Waals surface area contributed by atoms with Gasteiger partial charge in [-0.3, -0.25) is 4.99 Å². The molecule has 6 heteroatoms. The molecule has 1 unspecified atom stereocenters. The van der Waals surface area contributed by atoms with Gasteiger partial charge in [0, 0.05) is 31.6 Å². The maximum Gasteiger partial charge on any atom is 0.191 e. The number of hydrogen-bond acceptors (Lipinski definition) is 4. The smallest absolute Gasteiger partial charge is 0.191 e. The van der Waals surface area contributed by atoms with Gasteiger partial charge in [-0.1, -0.05) is 48.5 Å². The summed E-state index contributed by atoms with van der Waals surface area (Å²) < 4.78 is 11.0. The molecule has 2 rings (SSSR count). The lowest BCUT2D eigenvalue weighted by Gasteiger charge is -2.18. The molecule has 0 fully saturated rings. The zero-order valence-electron chi connectivity index (χ0n) is 16.0. The minimum Gasteiger partial charge on any atom is -0.496 e. The van der Waals surface area contributed by atoms with Gasteiger partial charge in [0.2, 0.25) is 0 Å². The Hall–Kier alpha value is -2.57. The number of aliphatic imine (C=N–C) groups is 1. The van der Waals surface area contributed by atoms with Gasteiger partial charge in [-0.2, -0.15) is 0 Å². The summed E-state index contributed by atoms with van der Waals surface area (Å²) >= 11 is 0. The molecule has 0 aliphatic heterocycles. The molecule has 0 aliphatic carbocycles. The van der Waals surface area contributed by atoms with Gasteiger partial charge in [-0.05, 0) is 11.6 Å². The molecule has 6 nitrogen and oxygen atoms in total. The topological polar surface area (TPSA) is 75.1 Å². The molecule has 1 atom stereocenters. The van der Waals surface area contributed by atoms with Crippen LogP contribution in [0, 0.1) is 0 Å². The van der Waals surface area contributed by atoms with E-state index >= 15 is 0 Å². The fourth-order valence-electron chi connectivity index (χ4n) is 2.70. The van der Waals surface area contributed by atoms with Gasteiger partial charge in [-0.25, -0.2) is 0 Å². The molecular weight excluding hydrogens is 342 g/mol.